The predicted molar refractivity (Wildman–Crippen MR) is 65.1 cm³/mol. The zero-order chi connectivity index (χ0) is 9.84. The summed E-state index contributed by atoms with van der Waals surface area (Å²) in [5.74, 6) is 0. The van der Waals surface area contributed by atoms with Gasteiger partial charge in [0.1, 0.15) is 0 Å². The molecule has 2 nitrogen and oxygen atoms in total. The van der Waals surface area contributed by atoms with Gasteiger partial charge in [-0.25, -0.2) is 0 Å². The van der Waals surface area contributed by atoms with Crippen molar-refractivity contribution < 1.29 is 0 Å². The second kappa shape index (κ2) is 5.05. The molecule has 0 amide bonds. The third kappa shape index (κ3) is 4.17. The second-order valence-corrected chi connectivity index (χ2v) is 5.31. The van der Waals surface area contributed by atoms with Crippen LogP contribution in [-0.4, -0.2) is 23.5 Å². The largest absolute Gasteiger partial charge is 0.392 e. The van der Waals surface area contributed by atoms with Crippen LogP contribution in [0.5, 0.6) is 0 Å². The molecule has 0 radical (unpaired) electrons. The fourth-order valence-corrected chi connectivity index (χ4v) is 2.78. The minimum absolute atomic E-state index is 0.540. The van der Waals surface area contributed by atoms with E-state index in [0.29, 0.717) is 11.5 Å². The van der Waals surface area contributed by atoms with Crippen molar-refractivity contribution in [3.05, 3.63) is 20.8 Å². The zero-order valence-electron chi connectivity index (χ0n) is 7.29. The number of likely N-dealkylation sites (N-methyl/N-ethyl adjacent to an activating group) is 1. The number of halogens is 1. The summed E-state index contributed by atoms with van der Waals surface area (Å²) in [5, 5.41) is 2.07. The van der Waals surface area contributed by atoms with E-state index < -0.39 is 0 Å². The molecular formula is C8H11BrN2S2. The van der Waals surface area contributed by atoms with Crippen LogP contribution >= 0.6 is 39.5 Å². The number of nitrogens with zero attached hydrogens (tertiary/aromatic N) is 1. The van der Waals surface area contributed by atoms with Crippen LogP contribution in [0.15, 0.2) is 15.9 Å². The van der Waals surface area contributed by atoms with E-state index in [-0.39, 0.29) is 0 Å². The topological polar surface area (TPSA) is 29.3 Å². The molecule has 13 heavy (non-hydrogen) atoms. The first kappa shape index (κ1) is 11.1. The molecule has 0 bridgehead atoms. The molecule has 72 valence electrons. The molecule has 0 aliphatic carbocycles. The summed E-state index contributed by atoms with van der Waals surface area (Å²) in [6.07, 6.45) is 0. The highest BCUT2D eigenvalue weighted by molar-refractivity contribution is 9.10. The Bertz CT molecular complexity index is 298. The summed E-state index contributed by atoms with van der Waals surface area (Å²) < 4.78 is 1.14. The first-order chi connectivity index (χ1) is 6.08. The van der Waals surface area contributed by atoms with Crippen molar-refractivity contribution in [2.24, 2.45) is 5.73 Å². The number of hydrogen-bond donors (Lipinski definition) is 1. The van der Waals surface area contributed by atoms with Crippen LogP contribution in [0.4, 0.5) is 0 Å². The standard InChI is InChI=1S/C8H11BrN2S2/c1-11(4-8(10)12)3-7-2-6(9)5-13-7/h2,5H,3-4H2,1H3,(H2,10,12). The molecule has 5 heteroatoms. The van der Waals surface area contributed by atoms with Crippen molar-refractivity contribution in [3.8, 4) is 0 Å². The number of thiocarbonyl (C=S) groups is 1. The van der Waals surface area contributed by atoms with Crippen molar-refractivity contribution in [2.75, 3.05) is 13.6 Å². The van der Waals surface area contributed by atoms with Crippen molar-refractivity contribution in [3.63, 3.8) is 0 Å². The van der Waals surface area contributed by atoms with Gasteiger partial charge in [-0.15, -0.1) is 11.3 Å². The number of thiophene rings is 1. The minimum atomic E-state index is 0.540. The quantitative estimate of drug-likeness (QED) is 0.857. The van der Waals surface area contributed by atoms with E-state index >= 15 is 0 Å². The Balaban J connectivity index is 2.44. The fraction of sp³-hybridized carbons (Fsp3) is 0.375. The summed E-state index contributed by atoms with van der Waals surface area (Å²) in [4.78, 5) is 3.95. The molecule has 0 aliphatic heterocycles. The van der Waals surface area contributed by atoms with Crippen molar-refractivity contribution in [1.82, 2.24) is 4.90 Å². The van der Waals surface area contributed by atoms with Crippen LogP contribution in [0, 0.1) is 0 Å². The lowest BCUT2D eigenvalue weighted by Gasteiger charge is -2.13. The maximum absolute atomic E-state index is 5.44. The lowest BCUT2D eigenvalue weighted by molar-refractivity contribution is 0.378. The van der Waals surface area contributed by atoms with Gasteiger partial charge in [0, 0.05) is 27.8 Å². The maximum atomic E-state index is 5.44. The molecule has 1 aromatic heterocycles. The monoisotopic (exact) mass is 278 g/mol. The maximum Gasteiger partial charge on any atom is 0.0870 e. The summed E-state index contributed by atoms with van der Waals surface area (Å²) in [5.41, 5.74) is 5.44. The molecule has 0 unspecified atom stereocenters. The Morgan fingerprint density at radius 1 is 1.77 bits per heavy atom. The third-order valence-corrected chi connectivity index (χ3v) is 3.28. The van der Waals surface area contributed by atoms with E-state index in [2.05, 4.69) is 32.3 Å². The SMILES string of the molecule is CN(CC(N)=S)Cc1cc(Br)cs1. The highest BCUT2D eigenvalue weighted by Crippen LogP contribution is 2.20. The van der Waals surface area contributed by atoms with E-state index in [1.54, 1.807) is 11.3 Å². The predicted octanol–water partition coefficient (Wildman–Crippen LogP) is 2.23. The molecule has 0 atom stereocenters. The van der Waals surface area contributed by atoms with Gasteiger partial charge in [0.25, 0.3) is 0 Å². The zero-order valence-corrected chi connectivity index (χ0v) is 10.5. The van der Waals surface area contributed by atoms with E-state index in [4.69, 9.17) is 18.0 Å². The molecule has 0 aliphatic rings. The average molecular weight is 279 g/mol. The lowest BCUT2D eigenvalue weighted by Crippen LogP contribution is -2.28. The Morgan fingerprint density at radius 3 is 2.92 bits per heavy atom. The summed E-state index contributed by atoms with van der Waals surface area (Å²) in [7, 11) is 2.01. The van der Waals surface area contributed by atoms with Crippen molar-refractivity contribution in [2.45, 2.75) is 6.54 Å². The van der Waals surface area contributed by atoms with E-state index in [1.165, 1.54) is 4.88 Å². The van der Waals surface area contributed by atoms with Gasteiger partial charge in [-0.3, -0.25) is 4.90 Å². The van der Waals surface area contributed by atoms with E-state index in [0.717, 1.165) is 11.0 Å². The molecule has 1 rings (SSSR count). The van der Waals surface area contributed by atoms with Crippen molar-refractivity contribution >= 4 is 44.5 Å². The lowest BCUT2D eigenvalue weighted by atomic mass is 10.4. The Kier molecular flexibility index (Phi) is 4.31. The van der Waals surface area contributed by atoms with Crippen LogP contribution in [0.2, 0.25) is 0 Å². The molecule has 0 aromatic carbocycles. The summed E-state index contributed by atoms with van der Waals surface area (Å²) in [6.45, 7) is 1.57. The van der Waals surface area contributed by atoms with Crippen LogP contribution < -0.4 is 5.73 Å². The van der Waals surface area contributed by atoms with Crippen LogP contribution in [0.1, 0.15) is 4.88 Å². The molecule has 0 fully saturated rings. The molecule has 1 heterocycles. The van der Waals surface area contributed by atoms with Crippen LogP contribution in [0.3, 0.4) is 0 Å². The molecular weight excluding hydrogens is 268 g/mol. The molecule has 0 saturated heterocycles. The average Bonchev–Trinajstić information content (AvgIpc) is 2.33. The summed E-state index contributed by atoms with van der Waals surface area (Å²) >= 11 is 9.97. The van der Waals surface area contributed by atoms with E-state index in [9.17, 15) is 0 Å². The normalized spacial score (nSPS) is 10.7. The smallest absolute Gasteiger partial charge is 0.0870 e. The minimum Gasteiger partial charge on any atom is -0.392 e. The number of nitrogens with two attached hydrogens (primary N) is 1. The van der Waals surface area contributed by atoms with Crippen molar-refractivity contribution in [1.29, 1.82) is 0 Å². The van der Waals surface area contributed by atoms with Gasteiger partial charge in [-0.1, -0.05) is 12.2 Å². The molecule has 2 N–H and O–H groups in total. The van der Waals surface area contributed by atoms with Gasteiger partial charge in [0.2, 0.25) is 0 Å². The fourth-order valence-electron chi connectivity index (χ4n) is 1.02. The molecule has 0 spiro atoms. The number of rotatable bonds is 4. The van der Waals surface area contributed by atoms with Crippen LogP contribution in [-0.2, 0) is 6.54 Å². The Hall–Kier alpha value is 0.0300. The van der Waals surface area contributed by atoms with E-state index in [1.807, 2.05) is 7.05 Å². The van der Waals surface area contributed by atoms with Gasteiger partial charge in [-0.2, -0.15) is 0 Å². The first-order valence-electron chi connectivity index (χ1n) is 3.77. The first-order valence-corrected chi connectivity index (χ1v) is 5.86. The van der Waals surface area contributed by atoms with Crippen LogP contribution in [0.25, 0.3) is 0 Å². The highest BCUT2D eigenvalue weighted by Gasteiger charge is 2.03. The van der Waals surface area contributed by atoms with Gasteiger partial charge < -0.3 is 5.73 Å². The number of hydrogen-bond acceptors (Lipinski definition) is 3. The van der Waals surface area contributed by atoms with Gasteiger partial charge in [-0.05, 0) is 29.0 Å². The highest BCUT2D eigenvalue weighted by atomic mass is 79.9. The second-order valence-electron chi connectivity index (χ2n) is 2.87. The summed E-state index contributed by atoms with van der Waals surface area (Å²) in [6, 6.07) is 2.11. The van der Waals surface area contributed by atoms with Gasteiger partial charge in [0.15, 0.2) is 0 Å². The Morgan fingerprint density at radius 2 is 2.46 bits per heavy atom. The third-order valence-electron chi connectivity index (χ3n) is 1.47. The Labute approximate surface area is 95.9 Å². The molecule has 1 aromatic rings. The molecule has 0 saturated carbocycles. The van der Waals surface area contributed by atoms with Gasteiger partial charge in [0.05, 0.1) is 4.99 Å². The van der Waals surface area contributed by atoms with Gasteiger partial charge >= 0.3 is 0 Å².